The summed E-state index contributed by atoms with van der Waals surface area (Å²) in [7, 11) is 3.98. The Balaban J connectivity index is 1.94. The number of benzene rings is 1. The minimum atomic E-state index is -0.304. The lowest BCUT2D eigenvalue weighted by molar-refractivity contribution is -0.114. The van der Waals surface area contributed by atoms with Crippen LogP contribution in [0.2, 0.25) is 0 Å². The van der Waals surface area contributed by atoms with Crippen molar-refractivity contribution < 1.29 is 4.79 Å². The van der Waals surface area contributed by atoms with Crippen LogP contribution < -0.4 is 4.90 Å². The Bertz CT molecular complexity index is 784. The topological polar surface area (TPSA) is 60.6 Å². The van der Waals surface area contributed by atoms with E-state index in [1.54, 1.807) is 5.01 Å². The first-order chi connectivity index (χ1) is 11.5. The highest BCUT2D eigenvalue weighted by Crippen LogP contribution is 2.24. The number of aliphatic imine (C=N–C) groups is 2. The van der Waals surface area contributed by atoms with Gasteiger partial charge in [0.2, 0.25) is 0 Å². The molecule has 0 saturated carbocycles. The fourth-order valence-electron chi connectivity index (χ4n) is 2.64. The number of guanidine groups is 1. The van der Waals surface area contributed by atoms with Crippen molar-refractivity contribution in [1.29, 1.82) is 0 Å². The molecule has 1 amide bonds. The maximum Gasteiger partial charge on any atom is 0.299 e. The summed E-state index contributed by atoms with van der Waals surface area (Å²) in [5.74, 6) is 0.0622. The van der Waals surface area contributed by atoms with Gasteiger partial charge in [0.25, 0.3) is 11.9 Å². The smallest absolute Gasteiger partial charge is 0.299 e. The Kier molecular flexibility index (Phi) is 4.29. The third kappa shape index (κ3) is 2.87. The Labute approximate surface area is 141 Å². The van der Waals surface area contributed by atoms with Crippen LogP contribution in [0, 0.1) is 0 Å². The first kappa shape index (κ1) is 16.1. The quantitative estimate of drug-likeness (QED) is 0.800. The summed E-state index contributed by atoms with van der Waals surface area (Å²) in [4.78, 5) is 22.8. The molecular weight excluding hydrogens is 302 g/mol. The minimum Gasteiger partial charge on any atom is -0.378 e. The molecule has 0 saturated heterocycles. The highest BCUT2D eigenvalue weighted by atomic mass is 16.2. The van der Waals surface area contributed by atoms with Crippen molar-refractivity contribution in [2.75, 3.05) is 19.0 Å². The number of anilines is 1. The zero-order valence-electron chi connectivity index (χ0n) is 14.4. The second-order valence-corrected chi connectivity index (χ2v) is 5.86. The van der Waals surface area contributed by atoms with E-state index in [9.17, 15) is 4.79 Å². The summed E-state index contributed by atoms with van der Waals surface area (Å²) in [5.41, 5.74) is 4.27. The van der Waals surface area contributed by atoms with E-state index >= 15 is 0 Å². The number of amides is 1. The first-order valence-corrected chi connectivity index (χ1v) is 8.11. The van der Waals surface area contributed by atoms with Gasteiger partial charge in [0.1, 0.15) is 5.70 Å². The molecule has 0 aromatic heterocycles. The van der Waals surface area contributed by atoms with Crippen LogP contribution in [0.3, 0.4) is 0 Å². The molecule has 0 radical (unpaired) electrons. The van der Waals surface area contributed by atoms with Gasteiger partial charge in [0, 0.05) is 19.8 Å². The van der Waals surface area contributed by atoms with Gasteiger partial charge in [0.15, 0.2) is 0 Å². The fraction of sp³-hybridized carbons (Fsp3) is 0.333. The van der Waals surface area contributed by atoms with Gasteiger partial charge in [-0.25, -0.2) is 4.99 Å². The molecule has 1 aromatic rings. The summed E-state index contributed by atoms with van der Waals surface area (Å²) >= 11 is 0. The Morgan fingerprint density at radius 1 is 1.04 bits per heavy atom. The fourth-order valence-corrected chi connectivity index (χ4v) is 2.64. The second kappa shape index (κ2) is 6.39. The largest absolute Gasteiger partial charge is 0.378 e. The summed E-state index contributed by atoms with van der Waals surface area (Å²) < 4.78 is 0. The number of hydrogen-bond donors (Lipinski definition) is 0. The van der Waals surface area contributed by atoms with Crippen LogP contribution in [0.15, 0.2) is 45.0 Å². The average Bonchev–Trinajstić information content (AvgIpc) is 2.88. The number of rotatable bonds is 4. The maximum absolute atomic E-state index is 12.3. The van der Waals surface area contributed by atoms with Gasteiger partial charge < -0.3 is 4.90 Å². The highest BCUT2D eigenvalue weighted by Gasteiger charge is 2.33. The number of fused-ring (bicyclic) bond motifs is 1. The van der Waals surface area contributed by atoms with Gasteiger partial charge in [-0.05, 0) is 36.6 Å². The van der Waals surface area contributed by atoms with Gasteiger partial charge in [-0.1, -0.05) is 26.0 Å². The zero-order chi connectivity index (χ0) is 17.3. The van der Waals surface area contributed by atoms with Crippen LogP contribution in [0.4, 0.5) is 5.69 Å². The second-order valence-electron chi connectivity index (χ2n) is 5.86. The van der Waals surface area contributed by atoms with Crippen molar-refractivity contribution in [3.63, 3.8) is 0 Å². The van der Waals surface area contributed by atoms with E-state index in [0.717, 1.165) is 35.5 Å². The molecule has 6 nitrogen and oxygen atoms in total. The molecule has 0 unspecified atom stereocenters. The van der Waals surface area contributed by atoms with Gasteiger partial charge in [-0.2, -0.15) is 15.1 Å². The number of hydrogen-bond acceptors (Lipinski definition) is 5. The molecule has 0 N–H and O–H groups in total. The van der Waals surface area contributed by atoms with E-state index in [2.05, 4.69) is 15.1 Å². The molecule has 0 atom stereocenters. The Morgan fingerprint density at radius 3 is 2.29 bits per heavy atom. The molecule has 124 valence electrons. The van der Waals surface area contributed by atoms with E-state index < -0.39 is 0 Å². The van der Waals surface area contributed by atoms with Crippen molar-refractivity contribution in [1.82, 2.24) is 5.01 Å². The molecule has 1 aromatic carbocycles. The third-order valence-corrected chi connectivity index (χ3v) is 4.01. The molecule has 2 aliphatic heterocycles. The van der Waals surface area contributed by atoms with Crippen LogP contribution >= 0.6 is 0 Å². The van der Waals surface area contributed by atoms with E-state index in [4.69, 9.17) is 0 Å². The molecule has 2 heterocycles. The molecule has 0 spiro atoms. The SMILES string of the molecule is CCC1=NC2=NC(=O)C(=Cc3ccc(N(C)C)cc3)N2N=C1CC. The highest BCUT2D eigenvalue weighted by molar-refractivity contribution is 6.45. The van der Waals surface area contributed by atoms with Crippen LogP contribution in [0.1, 0.15) is 32.3 Å². The van der Waals surface area contributed by atoms with Crippen molar-refractivity contribution in [3.05, 3.63) is 35.5 Å². The lowest BCUT2D eigenvalue weighted by Gasteiger charge is -2.20. The van der Waals surface area contributed by atoms with Crippen LogP contribution in [0.5, 0.6) is 0 Å². The van der Waals surface area contributed by atoms with E-state index in [1.165, 1.54) is 0 Å². The number of hydrazone groups is 1. The number of carbonyl (C=O) groups excluding carboxylic acids is 1. The van der Waals surface area contributed by atoms with Gasteiger partial charge in [-0.3, -0.25) is 4.79 Å². The lowest BCUT2D eigenvalue weighted by atomic mass is 10.1. The standard InChI is InChI=1S/C18H21N5O/c1-5-14-15(6-2)21-23-16(17(24)20-18(23)19-14)11-12-7-9-13(10-8-12)22(3)4/h7-11H,5-6H2,1-4H3. The molecule has 24 heavy (non-hydrogen) atoms. The molecule has 0 aliphatic carbocycles. The van der Waals surface area contributed by atoms with Crippen LogP contribution in [-0.2, 0) is 4.79 Å². The van der Waals surface area contributed by atoms with Gasteiger partial charge >= 0.3 is 0 Å². The predicted octanol–water partition coefficient (Wildman–Crippen LogP) is 2.92. The molecular formula is C18H21N5O. The molecule has 3 rings (SSSR count). The van der Waals surface area contributed by atoms with Crippen LogP contribution in [-0.4, -0.2) is 42.4 Å². The molecule has 6 heteroatoms. The first-order valence-electron chi connectivity index (χ1n) is 8.11. The molecule has 2 aliphatic rings. The van der Waals surface area contributed by atoms with Crippen molar-refractivity contribution in [2.24, 2.45) is 15.1 Å². The lowest BCUT2D eigenvalue weighted by Crippen LogP contribution is -2.30. The maximum atomic E-state index is 12.3. The van der Waals surface area contributed by atoms with E-state index in [0.29, 0.717) is 11.7 Å². The van der Waals surface area contributed by atoms with Gasteiger partial charge in [-0.15, -0.1) is 0 Å². The van der Waals surface area contributed by atoms with E-state index in [1.807, 2.05) is 63.2 Å². The summed E-state index contributed by atoms with van der Waals surface area (Å²) in [5, 5.41) is 6.14. The van der Waals surface area contributed by atoms with Gasteiger partial charge in [0.05, 0.1) is 11.4 Å². The third-order valence-electron chi connectivity index (χ3n) is 4.01. The predicted molar refractivity (Wildman–Crippen MR) is 98.5 cm³/mol. The minimum absolute atomic E-state index is 0.304. The van der Waals surface area contributed by atoms with Crippen molar-refractivity contribution in [3.8, 4) is 0 Å². The van der Waals surface area contributed by atoms with Crippen LogP contribution in [0.25, 0.3) is 6.08 Å². The Morgan fingerprint density at radius 2 is 1.71 bits per heavy atom. The number of carbonyl (C=O) groups is 1. The Hall–Kier alpha value is -2.76. The molecule has 0 fully saturated rings. The molecule has 0 bridgehead atoms. The monoisotopic (exact) mass is 323 g/mol. The average molecular weight is 323 g/mol. The summed E-state index contributed by atoms with van der Waals surface area (Å²) in [6.07, 6.45) is 3.36. The summed E-state index contributed by atoms with van der Waals surface area (Å²) in [6, 6.07) is 7.97. The van der Waals surface area contributed by atoms with E-state index in [-0.39, 0.29) is 5.91 Å². The van der Waals surface area contributed by atoms with Crippen molar-refractivity contribution in [2.45, 2.75) is 26.7 Å². The normalized spacial score (nSPS) is 18.3. The van der Waals surface area contributed by atoms with Crippen molar-refractivity contribution >= 4 is 35.1 Å². The zero-order valence-corrected chi connectivity index (χ0v) is 14.4. The number of nitrogens with zero attached hydrogens (tertiary/aromatic N) is 5. The summed E-state index contributed by atoms with van der Waals surface area (Å²) in [6.45, 7) is 4.06.